The van der Waals surface area contributed by atoms with E-state index in [1.807, 2.05) is 13.8 Å². The molecule has 0 heterocycles. The fourth-order valence-electron chi connectivity index (χ4n) is 1.47. The Labute approximate surface area is 129 Å². The van der Waals surface area contributed by atoms with Crippen LogP contribution in [-0.4, -0.2) is 39.3 Å². The van der Waals surface area contributed by atoms with Crippen molar-refractivity contribution in [2.45, 2.75) is 38.8 Å². The van der Waals surface area contributed by atoms with Crippen molar-refractivity contribution in [1.29, 1.82) is 0 Å². The van der Waals surface area contributed by atoms with Crippen molar-refractivity contribution >= 4 is 11.9 Å². The van der Waals surface area contributed by atoms with E-state index in [4.69, 9.17) is 26.8 Å². The Morgan fingerprint density at radius 2 is 1.59 bits per heavy atom. The molecule has 0 aliphatic carbocycles. The monoisotopic (exact) mass is 312 g/mol. The molecule has 124 valence electrons. The Hall–Kier alpha value is -2.12. The molecule has 0 amide bonds. The van der Waals surface area contributed by atoms with E-state index in [1.165, 1.54) is 12.1 Å². The molecule has 1 aromatic carbocycles. The minimum Gasteiger partial charge on any atom is -0.508 e. The number of hydrogen-bond donors (Lipinski definition) is 5. The lowest BCUT2D eigenvalue weighted by Crippen LogP contribution is -2.36. The summed E-state index contributed by atoms with van der Waals surface area (Å²) in [5, 5.41) is 25.8. The Morgan fingerprint density at radius 3 is 1.91 bits per heavy atom. The lowest BCUT2D eigenvalue weighted by molar-refractivity contribution is -0.140. The molecule has 0 saturated carbocycles. The zero-order chi connectivity index (χ0) is 17.3. The minimum atomic E-state index is -1.02. The van der Waals surface area contributed by atoms with Gasteiger partial charge in [-0.3, -0.25) is 9.59 Å². The van der Waals surface area contributed by atoms with Gasteiger partial charge >= 0.3 is 11.9 Å². The van der Waals surface area contributed by atoms with Gasteiger partial charge in [0.2, 0.25) is 0 Å². The third kappa shape index (κ3) is 7.61. The number of aromatic hydroxyl groups is 1. The molecule has 1 aromatic rings. The fraction of sp³-hybridized carbons (Fsp3) is 0.467. The molecular formula is C15H24N2O5. The third-order valence-electron chi connectivity index (χ3n) is 3.25. The van der Waals surface area contributed by atoms with Crippen molar-refractivity contribution in [3.8, 4) is 5.75 Å². The summed E-state index contributed by atoms with van der Waals surface area (Å²) < 4.78 is 0. The van der Waals surface area contributed by atoms with Crippen LogP contribution in [-0.2, 0) is 16.0 Å². The molecule has 0 aromatic heterocycles. The Bertz CT molecular complexity index is 475. The van der Waals surface area contributed by atoms with Crippen molar-refractivity contribution < 1.29 is 24.9 Å². The summed E-state index contributed by atoms with van der Waals surface area (Å²) >= 11 is 0. The number of carboxylic acids is 2. The van der Waals surface area contributed by atoms with Gasteiger partial charge in [0.05, 0.1) is 0 Å². The van der Waals surface area contributed by atoms with Gasteiger partial charge in [-0.15, -0.1) is 0 Å². The summed E-state index contributed by atoms with van der Waals surface area (Å²) in [6.45, 7) is 3.76. The van der Waals surface area contributed by atoms with Gasteiger partial charge in [-0.05, 0) is 30.0 Å². The van der Waals surface area contributed by atoms with E-state index >= 15 is 0 Å². The highest BCUT2D eigenvalue weighted by molar-refractivity contribution is 5.73. The Morgan fingerprint density at radius 1 is 1.09 bits per heavy atom. The summed E-state index contributed by atoms with van der Waals surface area (Å²) in [4.78, 5) is 20.6. The third-order valence-corrected chi connectivity index (χ3v) is 3.25. The first-order valence-corrected chi connectivity index (χ1v) is 6.93. The fourth-order valence-corrected chi connectivity index (χ4v) is 1.47. The highest BCUT2D eigenvalue weighted by Crippen LogP contribution is 2.10. The van der Waals surface area contributed by atoms with E-state index < -0.39 is 24.0 Å². The summed E-state index contributed by atoms with van der Waals surface area (Å²) in [5.74, 6) is -1.70. The average molecular weight is 312 g/mol. The molecule has 22 heavy (non-hydrogen) atoms. The number of carbonyl (C=O) groups is 2. The molecule has 0 saturated heterocycles. The summed E-state index contributed by atoms with van der Waals surface area (Å²) in [5.41, 5.74) is 11.4. The number of benzene rings is 1. The topological polar surface area (TPSA) is 147 Å². The first-order chi connectivity index (χ1) is 10.2. The molecule has 1 rings (SSSR count). The van der Waals surface area contributed by atoms with Gasteiger partial charge in [0.15, 0.2) is 0 Å². The molecule has 0 spiro atoms. The number of carboxylic acid groups (broad SMARTS) is 2. The standard InChI is InChI=1S/C9H11NO3.C6H13NO2/c10-8(9(12)13)5-6-1-3-7(11)4-2-6;1-3-4(2)5(7)6(8)9/h1-4,8,11H,5,10H2,(H,12,13);4-5H,3,7H2,1-2H3,(H,8,9). The molecular weight excluding hydrogens is 288 g/mol. The van der Waals surface area contributed by atoms with Gasteiger partial charge in [0, 0.05) is 0 Å². The Kier molecular flexibility index (Phi) is 8.81. The summed E-state index contributed by atoms with van der Waals surface area (Å²) in [6.07, 6.45) is 1.09. The molecule has 7 heteroatoms. The van der Waals surface area contributed by atoms with Crippen LogP contribution in [0.5, 0.6) is 5.75 Å². The van der Waals surface area contributed by atoms with Crippen molar-refractivity contribution in [2.75, 3.05) is 0 Å². The largest absolute Gasteiger partial charge is 0.508 e. The second-order valence-electron chi connectivity index (χ2n) is 5.06. The molecule has 0 radical (unpaired) electrons. The van der Waals surface area contributed by atoms with Crippen molar-refractivity contribution in [3.05, 3.63) is 29.8 Å². The molecule has 3 unspecified atom stereocenters. The van der Waals surface area contributed by atoms with Crippen LogP contribution in [0, 0.1) is 5.92 Å². The van der Waals surface area contributed by atoms with Crippen LogP contribution in [0.15, 0.2) is 24.3 Å². The molecule has 0 aliphatic rings. The SMILES string of the molecule is CCC(C)C(N)C(=O)O.NC(Cc1ccc(O)cc1)C(=O)O. The van der Waals surface area contributed by atoms with Crippen LogP contribution in [0.25, 0.3) is 0 Å². The van der Waals surface area contributed by atoms with E-state index in [9.17, 15) is 9.59 Å². The average Bonchev–Trinajstić information content (AvgIpc) is 2.48. The lowest BCUT2D eigenvalue weighted by atomic mass is 10.0. The van der Waals surface area contributed by atoms with E-state index in [-0.39, 0.29) is 18.1 Å². The lowest BCUT2D eigenvalue weighted by Gasteiger charge is -2.11. The highest BCUT2D eigenvalue weighted by Gasteiger charge is 2.17. The van der Waals surface area contributed by atoms with Crippen molar-refractivity contribution in [2.24, 2.45) is 17.4 Å². The van der Waals surface area contributed by atoms with E-state index in [0.717, 1.165) is 12.0 Å². The second-order valence-corrected chi connectivity index (χ2v) is 5.06. The van der Waals surface area contributed by atoms with Crippen LogP contribution >= 0.6 is 0 Å². The molecule has 7 nitrogen and oxygen atoms in total. The zero-order valence-electron chi connectivity index (χ0n) is 12.8. The van der Waals surface area contributed by atoms with Crippen LogP contribution in [0.1, 0.15) is 25.8 Å². The number of aliphatic carboxylic acids is 2. The van der Waals surface area contributed by atoms with Crippen LogP contribution in [0.3, 0.4) is 0 Å². The highest BCUT2D eigenvalue weighted by atomic mass is 16.4. The van der Waals surface area contributed by atoms with E-state index in [0.29, 0.717) is 0 Å². The quantitative estimate of drug-likeness (QED) is 0.521. The molecule has 0 aliphatic heterocycles. The first-order valence-electron chi connectivity index (χ1n) is 6.93. The van der Waals surface area contributed by atoms with Gasteiger partial charge in [-0.1, -0.05) is 32.4 Å². The van der Waals surface area contributed by atoms with Gasteiger partial charge in [0.1, 0.15) is 17.8 Å². The van der Waals surface area contributed by atoms with Gasteiger partial charge in [0.25, 0.3) is 0 Å². The maximum Gasteiger partial charge on any atom is 0.320 e. The zero-order valence-corrected chi connectivity index (χ0v) is 12.8. The normalized spacial score (nSPS) is 14.2. The molecule has 3 atom stereocenters. The molecule has 7 N–H and O–H groups in total. The van der Waals surface area contributed by atoms with Crippen molar-refractivity contribution in [3.63, 3.8) is 0 Å². The summed E-state index contributed by atoms with van der Waals surface area (Å²) in [6, 6.07) is 4.73. The van der Waals surface area contributed by atoms with Gasteiger partial charge in [-0.2, -0.15) is 0 Å². The number of phenolic OH excluding ortho intramolecular Hbond substituents is 1. The predicted molar refractivity (Wildman–Crippen MR) is 82.5 cm³/mol. The van der Waals surface area contributed by atoms with Gasteiger partial charge in [-0.25, -0.2) is 0 Å². The summed E-state index contributed by atoms with van der Waals surface area (Å²) in [7, 11) is 0. The van der Waals surface area contributed by atoms with Crippen LogP contribution in [0.4, 0.5) is 0 Å². The van der Waals surface area contributed by atoms with Crippen LogP contribution < -0.4 is 11.5 Å². The smallest absolute Gasteiger partial charge is 0.320 e. The molecule has 0 fully saturated rings. The maximum absolute atomic E-state index is 10.4. The number of phenols is 1. The number of nitrogens with two attached hydrogens (primary N) is 2. The van der Waals surface area contributed by atoms with E-state index in [2.05, 4.69) is 0 Å². The number of rotatable bonds is 6. The molecule has 0 bridgehead atoms. The predicted octanol–water partition coefficient (Wildman–Crippen LogP) is 0.791. The second kappa shape index (κ2) is 9.75. The van der Waals surface area contributed by atoms with Crippen LogP contribution in [0.2, 0.25) is 0 Å². The van der Waals surface area contributed by atoms with E-state index in [1.54, 1.807) is 12.1 Å². The maximum atomic E-state index is 10.4. The minimum absolute atomic E-state index is 0.0718. The Balaban J connectivity index is 0.000000433. The first kappa shape index (κ1) is 19.9. The van der Waals surface area contributed by atoms with Gasteiger partial charge < -0.3 is 26.8 Å². The van der Waals surface area contributed by atoms with Crippen molar-refractivity contribution in [1.82, 2.24) is 0 Å². The number of hydrogen-bond acceptors (Lipinski definition) is 5.